The van der Waals surface area contributed by atoms with Gasteiger partial charge in [-0.05, 0) is 65.5 Å². The van der Waals surface area contributed by atoms with E-state index in [0.717, 1.165) is 41.8 Å². The van der Waals surface area contributed by atoms with Crippen molar-refractivity contribution in [3.8, 4) is 11.5 Å². The van der Waals surface area contributed by atoms with Crippen LogP contribution in [0.1, 0.15) is 36.5 Å². The lowest BCUT2D eigenvalue weighted by atomic mass is 9.99. The first-order valence-electron chi connectivity index (χ1n) is 8.91. The van der Waals surface area contributed by atoms with Crippen LogP contribution < -0.4 is 14.8 Å². The first kappa shape index (κ1) is 18.5. The summed E-state index contributed by atoms with van der Waals surface area (Å²) in [6.45, 7) is 6.05. The molecule has 0 aliphatic carbocycles. The van der Waals surface area contributed by atoms with Crippen LogP contribution in [0.25, 0.3) is 0 Å². The van der Waals surface area contributed by atoms with Crippen molar-refractivity contribution in [2.75, 3.05) is 26.1 Å². The molecular weight excluding hydrogens is 344 g/mol. The zero-order chi connectivity index (χ0) is 18.7. The summed E-state index contributed by atoms with van der Waals surface area (Å²) in [7, 11) is 3.33. The largest absolute Gasteiger partial charge is 0.493 e. The third kappa shape index (κ3) is 3.93. The van der Waals surface area contributed by atoms with E-state index in [2.05, 4.69) is 60.5 Å². The number of ether oxygens (including phenoxy) is 2. The van der Waals surface area contributed by atoms with Gasteiger partial charge >= 0.3 is 0 Å². The monoisotopic (exact) mass is 370 g/mol. The lowest BCUT2D eigenvalue weighted by Gasteiger charge is -2.31. The van der Waals surface area contributed by atoms with Gasteiger partial charge in [-0.15, -0.1) is 0 Å². The van der Waals surface area contributed by atoms with Crippen LogP contribution in [0, 0.1) is 0 Å². The van der Waals surface area contributed by atoms with Crippen molar-refractivity contribution < 1.29 is 9.47 Å². The van der Waals surface area contributed by atoms with Crippen LogP contribution in [-0.4, -0.2) is 30.8 Å². The number of anilines is 1. The van der Waals surface area contributed by atoms with E-state index in [-0.39, 0.29) is 0 Å². The minimum Gasteiger partial charge on any atom is -0.493 e. The van der Waals surface area contributed by atoms with Crippen LogP contribution in [0.4, 0.5) is 5.69 Å². The Kier molecular flexibility index (Phi) is 5.67. The summed E-state index contributed by atoms with van der Waals surface area (Å²) in [6, 6.07) is 12.6. The van der Waals surface area contributed by atoms with E-state index in [1.807, 2.05) is 0 Å². The van der Waals surface area contributed by atoms with Crippen molar-refractivity contribution in [1.82, 2.24) is 4.90 Å². The molecule has 0 amide bonds. The molecule has 0 spiro atoms. The Hall–Kier alpha value is -2.27. The molecular formula is C21H26N2O2S. The van der Waals surface area contributed by atoms with Gasteiger partial charge in [-0.3, -0.25) is 0 Å². The molecule has 138 valence electrons. The summed E-state index contributed by atoms with van der Waals surface area (Å²) in [5, 5.41) is 4.11. The van der Waals surface area contributed by atoms with Gasteiger partial charge < -0.3 is 19.7 Å². The highest BCUT2D eigenvalue weighted by Crippen LogP contribution is 2.33. The number of hydrogen-bond acceptors (Lipinski definition) is 3. The highest BCUT2D eigenvalue weighted by Gasteiger charge is 2.21. The Balaban J connectivity index is 1.70. The van der Waals surface area contributed by atoms with Gasteiger partial charge in [0.15, 0.2) is 16.6 Å². The van der Waals surface area contributed by atoms with Crippen molar-refractivity contribution in [1.29, 1.82) is 0 Å². The molecule has 3 rings (SSSR count). The molecule has 0 saturated heterocycles. The lowest BCUT2D eigenvalue weighted by molar-refractivity contribution is 0.348. The van der Waals surface area contributed by atoms with Gasteiger partial charge in [-0.2, -0.15) is 0 Å². The number of rotatable bonds is 4. The number of nitrogens with zero attached hydrogens (tertiary/aromatic N) is 1. The van der Waals surface area contributed by atoms with E-state index in [4.69, 9.17) is 21.7 Å². The van der Waals surface area contributed by atoms with Crippen LogP contribution in [0.15, 0.2) is 36.4 Å². The Labute approximate surface area is 161 Å². The van der Waals surface area contributed by atoms with Crippen LogP contribution in [0.2, 0.25) is 0 Å². The third-order valence-corrected chi connectivity index (χ3v) is 5.19. The smallest absolute Gasteiger partial charge is 0.173 e. The topological polar surface area (TPSA) is 33.7 Å². The number of methoxy groups -OCH3 is 2. The maximum absolute atomic E-state index is 5.64. The predicted molar refractivity (Wildman–Crippen MR) is 110 cm³/mol. The van der Waals surface area contributed by atoms with Crippen LogP contribution in [0.3, 0.4) is 0 Å². The fourth-order valence-electron chi connectivity index (χ4n) is 3.21. The molecule has 2 aromatic carbocycles. The molecule has 4 nitrogen and oxygen atoms in total. The highest BCUT2D eigenvalue weighted by atomic mass is 32.1. The van der Waals surface area contributed by atoms with Crippen LogP contribution in [-0.2, 0) is 13.0 Å². The number of thiocarbonyl (C=S) groups is 1. The summed E-state index contributed by atoms with van der Waals surface area (Å²) >= 11 is 5.64. The molecule has 1 heterocycles. The van der Waals surface area contributed by atoms with E-state index in [1.54, 1.807) is 14.2 Å². The molecule has 26 heavy (non-hydrogen) atoms. The Morgan fingerprint density at radius 2 is 1.65 bits per heavy atom. The van der Waals surface area contributed by atoms with Gasteiger partial charge in [-0.1, -0.05) is 26.0 Å². The molecule has 1 aliphatic rings. The van der Waals surface area contributed by atoms with E-state index >= 15 is 0 Å². The standard InChI is InChI=1S/C21H26N2O2S/c1-14(2)15-5-7-18(8-6-15)22-21(26)23-10-9-16-11-19(24-3)20(25-4)12-17(16)13-23/h5-8,11-12,14H,9-10,13H2,1-4H3,(H,22,26). The molecule has 5 heteroatoms. The van der Waals surface area contributed by atoms with E-state index < -0.39 is 0 Å². The average Bonchev–Trinajstić information content (AvgIpc) is 2.66. The summed E-state index contributed by atoms with van der Waals surface area (Å²) in [5.74, 6) is 2.07. The van der Waals surface area contributed by atoms with Crippen molar-refractivity contribution in [2.45, 2.75) is 32.7 Å². The first-order chi connectivity index (χ1) is 12.5. The van der Waals surface area contributed by atoms with Gasteiger partial charge in [-0.25, -0.2) is 0 Å². The van der Waals surface area contributed by atoms with Gasteiger partial charge in [0.2, 0.25) is 0 Å². The number of fused-ring (bicyclic) bond motifs is 1. The van der Waals surface area contributed by atoms with Gasteiger partial charge in [0.1, 0.15) is 0 Å². The Morgan fingerprint density at radius 1 is 1.04 bits per heavy atom. The normalized spacial score (nSPS) is 13.3. The second-order valence-corrected chi connectivity index (χ2v) is 7.24. The van der Waals surface area contributed by atoms with Crippen LogP contribution >= 0.6 is 12.2 Å². The first-order valence-corrected chi connectivity index (χ1v) is 9.32. The van der Waals surface area contributed by atoms with Crippen molar-refractivity contribution >= 4 is 23.0 Å². The zero-order valence-corrected chi connectivity index (χ0v) is 16.7. The van der Waals surface area contributed by atoms with E-state index in [9.17, 15) is 0 Å². The maximum atomic E-state index is 5.64. The Bertz CT molecular complexity index is 787. The van der Waals surface area contributed by atoms with Crippen LogP contribution in [0.5, 0.6) is 11.5 Å². The minimum atomic E-state index is 0.529. The second-order valence-electron chi connectivity index (χ2n) is 6.85. The second kappa shape index (κ2) is 7.96. The molecule has 2 aromatic rings. The molecule has 0 radical (unpaired) electrons. The SMILES string of the molecule is COc1cc2c(cc1OC)CN(C(=S)Nc1ccc(C(C)C)cc1)CC2. The van der Waals surface area contributed by atoms with Crippen molar-refractivity contribution in [3.05, 3.63) is 53.1 Å². The predicted octanol–water partition coefficient (Wildman–Crippen LogP) is 4.58. The van der Waals surface area contributed by atoms with E-state index in [1.165, 1.54) is 16.7 Å². The zero-order valence-electron chi connectivity index (χ0n) is 15.8. The number of nitrogens with one attached hydrogen (secondary N) is 1. The highest BCUT2D eigenvalue weighted by molar-refractivity contribution is 7.80. The summed E-state index contributed by atoms with van der Waals surface area (Å²) in [4.78, 5) is 2.19. The van der Waals surface area contributed by atoms with Crippen molar-refractivity contribution in [2.24, 2.45) is 0 Å². The summed E-state index contributed by atoms with van der Waals surface area (Å²) < 4.78 is 10.8. The number of benzene rings is 2. The quantitative estimate of drug-likeness (QED) is 0.797. The average molecular weight is 371 g/mol. The molecule has 1 aliphatic heterocycles. The molecule has 0 fully saturated rings. The van der Waals surface area contributed by atoms with E-state index in [0.29, 0.717) is 5.92 Å². The fraction of sp³-hybridized carbons (Fsp3) is 0.381. The summed E-state index contributed by atoms with van der Waals surface area (Å²) in [6.07, 6.45) is 0.934. The molecule has 0 unspecified atom stereocenters. The lowest BCUT2D eigenvalue weighted by Crippen LogP contribution is -2.38. The molecule has 1 N–H and O–H groups in total. The number of hydrogen-bond donors (Lipinski definition) is 1. The summed E-state index contributed by atoms with van der Waals surface area (Å²) in [5.41, 5.74) is 4.88. The van der Waals surface area contributed by atoms with Gasteiger partial charge in [0.05, 0.1) is 14.2 Å². The van der Waals surface area contributed by atoms with Gasteiger partial charge in [0, 0.05) is 18.8 Å². The van der Waals surface area contributed by atoms with Crippen molar-refractivity contribution in [3.63, 3.8) is 0 Å². The molecule has 0 saturated carbocycles. The molecule has 0 bridgehead atoms. The fourth-order valence-corrected chi connectivity index (χ4v) is 3.48. The van der Waals surface area contributed by atoms with Gasteiger partial charge in [0.25, 0.3) is 0 Å². The Morgan fingerprint density at radius 3 is 2.23 bits per heavy atom. The minimum absolute atomic E-state index is 0.529. The third-order valence-electron chi connectivity index (χ3n) is 4.83. The molecule has 0 aromatic heterocycles. The maximum Gasteiger partial charge on any atom is 0.173 e. The molecule has 0 atom stereocenters.